The Morgan fingerprint density at radius 2 is 1.70 bits per heavy atom. The molecule has 0 aliphatic carbocycles. The third-order valence-electron chi connectivity index (χ3n) is 3.10. The number of hydrogen-bond donors (Lipinski definition) is 4. The van der Waals surface area contributed by atoms with Crippen molar-refractivity contribution in [2.75, 3.05) is 12.4 Å². The van der Waals surface area contributed by atoms with E-state index in [1.165, 1.54) is 0 Å². The Labute approximate surface area is 118 Å². The van der Waals surface area contributed by atoms with Crippen molar-refractivity contribution in [3.05, 3.63) is 0 Å². The number of aliphatic hydroxyl groups is 4. The van der Waals surface area contributed by atoms with Gasteiger partial charge in [0.2, 0.25) is 0 Å². The largest absolute Gasteiger partial charge is 0.387 e. The third kappa shape index (κ3) is 4.92. The van der Waals surface area contributed by atoms with Gasteiger partial charge in [-0.3, -0.25) is 4.18 Å². The number of ether oxygens (including phenoxy) is 1. The van der Waals surface area contributed by atoms with E-state index in [9.17, 15) is 28.8 Å². The highest BCUT2D eigenvalue weighted by atomic mass is 32.2. The molecule has 120 valence electrons. The highest BCUT2D eigenvalue weighted by Gasteiger charge is 2.43. The minimum atomic E-state index is -3.74. The lowest BCUT2D eigenvalue weighted by molar-refractivity contribution is -0.285. The Hall–Kier alpha value is -0.290. The Morgan fingerprint density at radius 3 is 2.30 bits per heavy atom. The molecule has 8 nitrogen and oxygen atoms in total. The summed E-state index contributed by atoms with van der Waals surface area (Å²) in [7, 11) is -3.74. The van der Waals surface area contributed by atoms with Gasteiger partial charge < -0.3 is 25.2 Å². The molecule has 1 saturated heterocycles. The van der Waals surface area contributed by atoms with Crippen molar-refractivity contribution in [1.82, 2.24) is 0 Å². The summed E-state index contributed by atoms with van der Waals surface area (Å²) in [4.78, 5) is 0. The molecule has 9 heteroatoms. The summed E-state index contributed by atoms with van der Waals surface area (Å²) in [6.45, 7) is 1.41. The minimum absolute atomic E-state index is 0.141. The lowest BCUT2D eigenvalue weighted by Crippen LogP contribution is -2.58. The smallest absolute Gasteiger partial charge is 0.267 e. The molecule has 0 unspecified atom stereocenters. The van der Waals surface area contributed by atoms with Crippen LogP contribution in [0.15, 0.2) is 0 Å². The van der Waals surface area contributed by atoms with Gasteiger partial charge in [-0.1, -0.05) is 19.8 Å². The molecule has 1 heterocycles. The van der Waals surface area contributed by atoms with Crippen LogP contribution in [0.2, 0.25) is 0 Å². The van der Waals surface area contributed by atoms with E-state index >= 15 is 0 Å². The van der Waals surface area contributed by atoms with Crippen molar-refractivity contribution in [1.29, 1.82) is 0 Å². The van der Waals surface area contributed by atoms with Crippen LogP contribution in [-0.2, 0) is 19.0 Å². The fourth-order valence-electron chi connectivity index (χ4n) is 1.83. The second kappa shape index (κ2) is 7.64. The van der Waals surface area contributed by atoms with E-state index in [0.29, 0.717) is 6.42 Å². The summed E-state index contributed by atoms with van der Waals surface area (Å²) in [6.07, 6.45) is -5.66. The molecule has 1 aliphatic heterocycles. The van der Waals surface area contributed by atoms with Crippen LogP contribution in [0.5, 0.6) is 0 Å². The molecule has 0 spiro atoms. The highest BCUT2D eigenvalue weighted by molar-refractivity contribution is 7.86. The molecule has 5 atom stereocenters. The van der Waals surface area contributed by atoms with Crippen LogP contribution in [0.4, 0.5) is 0 Å². The van der Waals surface area contributed by atoms with E-state index in [2.05, 4.69) is 0 Å². The monoisotopic (exact) mass is 314 g/mol. The first kappa shape index (κ1) is 17.8. The fourth-order valence-corrected chi connectivity index (χ4v) is 2.84. The van der Waals surface area contributed by atoms with Gasteiger partial charge >= 0.3 is 0 Å². The third-order valence-corrected chi connectivity index (χ3v) is 4.38. The van der Waals surface area contributed by atoms with E-state index in [1.54, 1.807) is 0 Å². The van der Waals surface area contributed by atoms with E-state index in [4.69, 9.17) is 8.92 Å². The summed E-state index contributed by atoms with van der Waals surface area (Å²) in [5, 5.41) is 37.6. The van der Waals surface area contributed by atoms with E-state index in [0.717, 1.165) is 12.8 Å². The lowest BCUT2D eigenvalue weighted by Gasteiger charge is -2.37. The molecular weight excluding hydrogens is 292 g/mol. The van der Waals surface area contributed by atoms with Crippen molar-refractivity contribution >= 4 is 10.1 Å². The average molecular weight is 314 g/mol. The molecule has 0 aromatic carbocycles. The number of hydrogen-bond acceptors (Lipinski definition) is 8. The van der Waals surface area contributed by atoms with Crippen molar-refractivity contribution < 1.29 is 37.8 Å². The molecule has 0 bridgehead atoms. The topological polar surface area (TPSA) is 134 Å². The van der Waals surface area contributed by atoms with Crippen LogP contribution in [0, 0.1) is 0 Å². The number of aliphatic hydroxyl groups excluding tert-OH is 4. The molecule has 1 aliphatic rings. The second-order valence-electron chi connectivity index (χ2n) is 4.79. The van der Waals surface area contributed by atoms with E-state index in [1.807, 2.05) is 6.92 Å². The maximum absolute atomic E-state index is 11.5. The molecule has 0 aromatic rings. The predicted octanol–water partition coefficient (Wildman–Crippen LogP) is -1.68. The van der Waals surface area contributed by atoms with Crippen molar-refractivity contribution in [3.8, 4) is 0 Å². The van der Waals surface area contributed by atoms with Crippen LogP contribution in [0.3, 0.4) is 0 Å². The zero-order valence-corrected chi connectivity index (χ0v) is 12.1. The molecule has 1 fully saturated rings. The molecule has 0 aromatic heterocycles. The first-order chi connectivity index (χ1) is 9.28. The molecule has 20 heavy (non-hydrogen) atoms. The summed E-state index contributed by atoms with van der Waals surface area (Å²) in [6, 6.07) is 0. The first-order valence-electron chi connectivity index (χ1n) is 6.53. The summed E-state index contributed by atoms with van der Waals surface area (Å²) < 4.78 is 32.6. The zero-order valence-electron chi connectivity index (χ0n) is 11.3. The normalized spacial score (nSPS) is 35.1. The highest BCUT2D eigenvalue weighted by Crippen LogP contribution is 2.20. The standard InChI is InChI=1S/C11H22O8S/c1-2-3-4-5-20(16,17)18-6-7-8(12)9(13)10(14)11(15)19-7/h7-15H,2-6H2,1H3/t7-,8-,9+,10-,11+/m1/s1. The Morgan fingerprint density at radius 1 is 1.05 bits per heavy atom. The maximum atomic E-state index is 11.5. The molecule has 0 radical (unpaired) electrons. The van der Waals surface area contributed by atoms with Gasteiger partial charge in [0.15, 0.2) is 6.29 Å². The number of rotatable bonds is 7. The van der Waals surface area contributed by atoms with Gasteiger partial charge in [0.25, 0.3) is 10.1 Å². The average Bonchev–Trinajstić information content (AvgIpc) is 2.39. The lowest BCUT2D eigenvalue weighted by atomic mass is 10.00. The van der Waals surface area contributed by atoms with Crippen molar-refractivity contribution in [2.24, 2.45) is 0 Å². The Bertz CT molecular complexity index is 384. The van der Waals surface area contributed by atoms with Gasteiger partial charge in [-0.15, -0.1) is 0 Å². The van der Waals surface area contributed by atoms with Gasteiger partial charge in [0.05, 0.1) is 12.4 Å². The maximum Gasteiger partial charge on any atom is 0.267 e. The second-order valence-corrected chi connectivity index (χ2v) is 6.55. The van der Waals surface area contributed by atoms with Crippen LogP contribution in [0.1, 0.15) is 26.2 Å². The molecule has 4 N–H and O–H groups in total. The van der Waals surface area contributed by atoms with Gasteiger partial charge in [-0.25, -0.2) is 0 Å². The van der Waals surface area contributed by atoms with Crippen LogP contribution in [-0.4, -0.2) is 71.9 Å². The molecule has 0 amide bonds. The van der Waals surface area contributed by atoms with Crippen molar-refractivity contribution in [3.63, 3.8) is 0 Å². The van der Waals surface area contributed by atoms with Crippen LogP contribution in [0.25, 0.3) is 0 Å². The Balaban J connectivity index is 2.48. The van der Waals surface area contributed by atoms with Gasteiger partial charge in [-0.2, -0.15) is 8.42 Å². The van der Waals surface area contributed by atoms with Crippen molar-refractivity contribution in [2.45, 2.75) is 56.9 Å². The summed E-state index contributed by atoms with van der Waals surface area (Å²) >= 11 is 0. The summed E-state index contributed by atoms with van der Waals surface area (Å²) in [5.41, 5.74) is 0. The molecular formula is C11H22O8S. The van der Waals surface area contributed by atoms with Gasteiger partial charge in [0, 0.05) is 0 Å². The van der Waals surface area contributed by atoms with Gasteiger partial charge in [-0.05, 0) is 6.42 Å². The van der Waals surface area contributed by atoms with E-state index in [-0.39, 0.29) is 5.75 Å². The first-order valence-corrected chi connectivity index (χ1v) is 8.11. The van der Waals surface area contributed by atoms with Crippen LogP contribution >= 0.6 is 0 Å². The number of unbranched alkanes of at least 4 members (excludes halogenated alkanes) is 2. The Kier molecular flexibility index (Phi) is 6.79. The minimum Gasteiger partial charge on any atom is -0.387 e. The molecule has 0 saturated carbocycles. The van der Waals surface area contributed by atoms with E-state index < -0.39 is 47.4 Å². The predicted molar refractivity (Wildman–Crippen MR) is 68.2 cm³/mol. The van der Waals surface area contributed by atoms with Gasteiger partial charge in [0.1, 0.15) is 24.4 Å². The fraction of sp³-hybridized carbons (Fsp3) is 1.00. The zero-order chi connectivity index (χ0) is 15.3. The molecule has 1 rings (SSSR count). The van der Waals surface area contributed by atoms with Crippen LogP contribution < -0.4 is 0 Å². The quantitative estimate of drug-likeness (QED) is 0.323. The SMILES string of the molecule is CCCCCS(=O)(=O)OC[C@H]1O[C@H](O)[C@H](O)[C@@H](O)[C@@H]1O. The summed E-state index contributed by atoms with van der Waals surface area (Å²) in [5.74, 6) is -0.141.